The van der Waals surface area contributed by atoms with Crippen LogP contribution in [0, 0.1) is 0 Å². The summed E-state index contributed by atoms with van der Waals surface area (Å²) in [5, 5.41) is 3.32. The Balaban J connectivity index is 2.72. The monoisotopic (exact) mass is 255 g/mol. The predicted molar refractivity (Wildman–Crippen MR) is 75.4 cm³/mol. The molecule has 1 unspecified atom stereocenters. The minimum absolute atomic E-state index is 0.249. The van der Waals surface area contributed by atoms with Crippen LogP contribution < -0.4 is 11.1 Å². The van der Waals surface area contributed by atoms with Gasteiger partial charge >= 0.3 is 0 Å². The molecule has 0 aromatic heterocycles. The minimum atomic E-state index is -0.615. The average molecular weight is 255 g/mol. The minimum Gasteiger partial charge on any atom is -0.368 e. The summed E-state index contributed by atoms with van der Waals surface area (Å²) in [7, 11) is 0. The maximum absolute atomic E-state index is 11.7. The molecule has 1 heterocycles. The second kappa shape index (κ2) is 6.53. The van der Waals surface area contributed by atoms with Crippen LogP contribution in [0.5, 0.6) is 0 Å². The number of hydrogen-bond acceptors (Lipinski definition) is 3. The van der Waals surface area contributed by atoms with Gasteiger partial charge in [0.25, 0.3) is 0 Å². The first-order chi connectivity index (χ1) is 8.40. The van der Waals surface area contributed by atoms with Gasteiger partial charge in [-0.3, -0.25) is 9.69 Å². The largest absolute Gasteiger partial charge is 0.368 e. The number of rotatable bonds is 6. The van der Waals surface area contributed by atoms with E-state index in [0.29, 0.717) is 18.6 Å². The summed E-state index contributed by atoms with van der Waals surface area (Å²) < 4.78 is 0. The van der Waals surface area contributed by atoms with Crippen molar-refractivity contribution in [1.29, 1.82) is 0 Å². The number of hydrogen-bond donors (Lipinski definition) is 2. The van der Waals surface area contributed by atoms with Gasteiger partial charge in [0.2, 0.25) is 5.91 Å². The second-order valence-corrected chi connectivity index (χ2v) is 5.92. The first-order valence-electron chi connectivity index (χ1n) is 7.21. The van der Waals surface area contributed by atoms with Crippen LogP contribution in [0.25, 0.3) is 0 Å². The molecule has 0 spiro atoms. The first kappa shape index (κ1) is 15.4. The summed E-state index contributed by atoms with van der Waals surface area (Å²) >= 11 is 0. The van der Waals surface area contributed by atoms with E-state index in [0.717, 1.165) is 13.0 Å². The highest BCUT2D eigenvalue weighted by Gasteiger charge is 2.36. The van der Waals surface area contributed by atoms with E-state index in [2.05, 4.69) is 31.0 Å². The van der Waals surface area contributed by atoms with Gasteiger partial charge in [-0.1, -0.05) is 13.3 Å². The van der Waals surface area contributed by atoms with Crippen molar-refractivity contribution >= 4 is 5.91 Å². The molecule has 1 aliphatic rings. The molecule has 0 saturated carbocycles. The number of nitrogens with one attached hydrogen (secondary N) is 1. The highest BCUT2D eigenvalue weighted by atomic mass is 16.1. The Bertz CT molecular complexity index is 272. The Morgan fingerprint density at radius 2 is 1.94 bits per heavy atom. The van der Waals surface area contributed by atoms with Crippen molar-refractivity contribution < 1.29 is 4.79 Å². The van der Waals surface area contributed by atoms with Gasteiger partial charge in [0.1, 0.15) is 5.54 Å². The van der Waals surface area contributed by atoms with Crippen LogP contribution in [-0.2, 0) is 4.79 Å². The smallest absolute Gasteiger partial charge is 0.238 e. The summed E-state index contributed by atoms with van der Waals surface area (Å²) in [6.07, 6.45) is 4.72. The van der Waals surface area contributed by atoms with Crippen LogP contribution in [0.1, 0.15) is 53.4 Å². The molecule has 1 saturated heterocycles. The lowest BCUT2D eigenvalue weighted by atomic mass is 9.92. The third kappa shape index (κ3) is 3.69. The Kier molecular flexibility index (Phi) is 5.60. The fourth-order valence-electron chi connectivity index (χ4n) is 2.77. The van der Waals surface area contributed by atoms with Gasteiger partial charge in [0, 0.05) is 18.6 Å². The fraction of sp³-hybridized carbons (Fsp3) is 0.929. The third-order valence-electron chi connectivity index (χ3n) is 4.18. The van der Waals surface area contributed by atoms with E-state index in [4.69, 9.17) is 5.73 Å². The zero-order valence-electron chi connectivity index (χ0n) is 12.3. The third-order valence-corrected chi connectivity index (χ3v) is 4.18. The molecule has 1 rings (SSSR count). The molecule has 1 amide bonds. The van der Waals surface area contributed by atoms with E-state index in [1.54, 1.807) is 0 Å². The van der Waals surface area contributed by atoms with Gasteiger partial charge in [-0.15, -0.1) is 0 Å². The molecule has 3 atom stereocenters. The fourth-order valence-corrected chi connectivity index (χ4v) is 2.77. The highest BCUT2D eigenvalue weighted by molar-refractivity contribution is 5.84. The molecular weight excluding hydrogens is 226 g/mol. The molecule has 0 aromatic rings. The molecule has 4 heteroatoms. The van der Waals surface area contributed by atoms with E-state index in [9.17, 15) is 4.79 Å². The summed E-state index contributed by atoms with van der Waals surface area (Å²) in [6.45, 7) is 10.1. The van der Waals surface area contributed by atoms with Crippen molar-refractivity contribution in [3.05, 3.63) is 0 Å². The Hall–Kier alpha value is -0.610. The number of nitrogens with two attached hydrogens (primary N) is 1. The quantitative estimate of drug-likeness (QED) is 0.756. The van der Waals surface area contributed by atoms with Crippen LogP contribution in [0.15, 0.2) is 0 Å². The van der Waals surface area contributed by atoms with Crippen LogP contribution in [0.3, 0.4) is 0 Å². The number of primary amides is 1. The first-order valence-corrected chi connectivity index (χ1v) is 7.21. The van der Waals surface area contributed by atoms with Gasteiger partial charge in [-0.05, 0) is 46.6 Å². The van der Waals surface area contributed by atoms with Crippen molar-refractivity contribution in [2.75, 3.05) is 13.1 Å². The number of piperidine rings is 1. The molecule has 1 fully saturated rings. The van der Waals surface area contributed by atoms with Crippen molar-refractivity contribution in [1.82, 2.24) is 10.2 Å². The zero-order valence-corrected chi connectivity index (χ0v) is 12.3. The van der Waals surface area contributed by atoms with Crippen LogP contribution in [0.2, 0.25) is 0 Å². The highest BCUT2D eigenvalue weighted by Crippen LogP contribution is 2.24. The van der Waals surface area contributed by atoms with Gasteiger partial charge in [0.05, 0.1) is 0 Å². The van der Waals surface area contributed by atoms with E-state index < -0.39 is 5.54 Å². The van der Waals surface area contributed by atoms with E-state index in [1.165, 1.54) is 19.3 Å². The number of likely N-dealkylation sites (tertiary alicyclic amines) is 1. The van der Waals surface area contributed by atoms with Gasteiger partial charge in [0.15, 0.2) is 0 Å². The van der Waals surface area contributed by atoms with Crippen molar-refractivity contribution in [3.63, 3.8) is 0 Å². The van der Waals surface area contributed by atoms with E-state index in [1.807, 2.05) is 6.92 Å². The van der Waals surface area contributed by atoms with Crippen molar-refractivity contribution in [3.8, 4) is 0 Å². The van der Waals surface area contributed by atoms with Crippen molar-refractivity contribution in [2.24, 2.45) is 5.73 Å². The second-order valence-electron chi connectivity index (χ2n) is 5.92. The topological polar surface area (TPSA) is 58.4 Å². The normalized spacial score (nSPS) is 28.9. The lowest BCUT2D eigenvalue weighted by Gasteiger charge is -2.43. The number of carbonyl (C=O) groups excluding carboxylic acids is 1. The standard InChI is InChI=1S/C14H29N3O/c1-5-9-16-14(4,13(15)18)10-17-11(2)7-6-8-12(17)3/h11-12,16H,5-10H2,1-4H3,(H2,15,18)/t11-,12+,14?. The average Bonchev–Trinajstić information content (AvgIpc) is 2.31. The summed E-state index contributed by atoms with van der Waals surface area (Å²) in [6, 6.07) is 1.08. The van der Waals surface area contributed by atoms with Gasteiger partial charge in [-0.25, -0.2) is 0 Å². The molecule has 0 aromatic carbocycles. The zero-order chi connectivity index (χ0) is 13.8. The van der Waals surface area contributed by atoms with Crippen LogP contribution >= 0.6 is 0 Å². The SMILES string of the molecule is CCCNC(C)(CN1[C@H](C)CCC[C@@H]1C)C(N)=O. The van der Waals surface area contributed by atoms with E-state index >= 15 is 0 Å². The van der Waals surface area contributed by atoms with Crippen LogP contribution in [-0.4, -0.2) is 41.5 Å². The Morgan fingerprint density at radius 1 is 1.39 bits per heavy atom. The molecule has 4 nitrogen and oxygen atoms in total. The Labute approximate surface area is 111 Å². The molecule has 0 radical (unpaired) electrons. The molecule has 1 aliphatic heterocycles. The summed E-state index contributed by atoms with van der Waals surface area (Å²) in [4.78, 5) is 14.2. The molecule has 3 N–H and O–H groups in total. The maximum Gasteiger partial charge on any atom is 0.238 e. The van der Waals surface area contributed by atoms with Crippen molar-refractivity contribution in [2.45, 2.75) is 71.0 Å². The summed E-state index contributed by atoms with van der Waals surface area (Å²) in [5.41, 5.74) is 4.98. The number of nitrogens with zero attached hydrogens (tertiary/aromatic N) is 1. The molecule has 0 aliphatic carbocycles. The predicted octanol–water partition coefficient (Wildman–Crippen LogP) is 1.49. The number of carbonyl (C=O) groups is 1. The molecule has 106 valence electrons. The van der Waals surface area contributed by atoms with E-state index in [-0.39, 0.29) is 5.91 Å². The molecule has 18 heavy (non-hydrogen) atoms. The molecule has 0 bridgehead atoms. The Morgan fingerprint density at radius 3 is 2.39 bits per heavy atom. The van der Waals surface area contributed by atoms with Gasteiger partial charge in [-0.2, -0.15) is 0 Å². The number of amides is 1. The maximum atomic E-state index is 11.7. The van der Waals surface area contributed by atoms with Crippen LogP contribution in [0.4, 0.5) is 0 Å². The lowest BCUT2D eigenvalue weighted by molar-refractivity contribution is -0.125. The van der Waals surface area contributed by atoms with Gasteiger partial charge < -0.3 is 11.1 Å². The lowest BCUT2D eigenvalue weighted by Crippen LogP contribution is -2.62. The summed E-state index contributed by atoms with van der Waals surface area (Å²) in [5.74, 6) is -0.249. The molecular formula is C14H29N3O.